The Morgan fingerprint density at radius 3 is 3.00 bits per heavy atom. The molecule has 17 heavy (non-hydrogen) atoms. The van der Waals surface area contributed by atoms with Crippen LogP contribution in [0.4, 0.5) is 5.69 Å². The first-order valence-electron chi connectivity index (χ1n) is 5.47. The van der Waals surface area contributed by atoms with E-state index in [1.807, 2.05) is 19.1 Å². The Kier molecular flexibility index (Phi) is 3.69. The maximum absolute atomic E-state index is 11.3. The first-order chi connectivity index (χ1) is 8.11. The number of benzene rings is 1. The van der Waals surface area contributed by atoms with Crippen molar-refractivity contribution in [2.45, 2.75) is 13.0 Å². The number of nitrogens with zero attached hydrogens (tertiary/aromatic N) is 1. The molecule has 1 aromatic carbocycles. The Morgan fingerprint density at radius 2 is 2.35 bits per heavy atom. The van der Waals surface area contributed by atoms with Gasteiger partial charge in [-0.1, -0.05) is 6.07 Å². The summed E-state index contributed by atoms with van der Waals surface area (Å²) in [6.07, 6.45) is 0. The SMILES string of the molecule is CC1COCCN1c1cccc(Br)c1C(=O)O. The van der Waals surface area contributed by atoms with Crippen molar-refractivity contribution in [1.29, 1.82) is 0 Å². The fourth-order valence-corrected chi connectivity index (χ4v) is 2.57. The summed E-state index contributed by atoms with van der Waals surface area (Å²) in [5.41, 5.74) is 1.07. The lowest BCUT2D eigenvalue weighted by molar-refractivity contribution is 0.0694. The lowest BCUT2D eigenvalue weighted by Gasteiger charge is -2.36. The van der Waals surface area contributed by atoms with Gasteiger partial charge in [-0.15, -0.1) is 0 Å². The average molecular weight is 300 g/mol. The van der Waals surface area contributed by atoms with E-state index in [4.69, 9.17) is 4.74 Å². The maximum atomic E-state index is 11.3. The van der Waals surface area contributed by atoms with Crippen molar-refractivity contribution in [2.24, 2.45) is 0 Å². The third kappa shape index (κ3) is 2.45. The number of rotatable bonds is 2. The van der Waals surface area contributed by atoms with Crippen molar-refractivity contribution >= 4 is 27.6 Å². The summed E-state index contributed by atoms with van der Waals surface area (Å²) in [6.45, 7) is 4.02. The molecule has 1 N–H and O–H groups in total. The number of anilines is 1. The van der Waals surface area contributed by atoms with Crippen LogP contribution in [0, 0.1) is 0 Å². The van der Waals surface area contributed by atoms with Crippen LogP contribution in [0.5, 0.6) is 0 Å². The molecule has 1 saturated heterocycles. The van der Waals surface area contributed by atoms with Crippen LogP contribution in [0.2, 0.25) is 0 Å². The number of morpholine rings is 1. The van der Waals surface area contributed by atoms with Crippen molar-refractivity contribution < 1.29 is 14.6 Å². The van der Waals surface area contributed by atoms with Crippen LogP contribution in [-0.2, 0) is 4.74 Å². The molecular weight excluding hydrogens is 286 g/mol. The summed E-state index contributed by atoms with van der Waals surface area (Å²) < 4.78 is 5.98. The zero-order valence-electron chi connectivity index (χ0n) is 9.52. The van der Waals surface area contributed by atoms with E-state index in [-0.39, 0.29) is 6.04 Å². The Hall–Kier alpha value is -1.07. The third-order valence-electron chi connectivity index (χ3n) is 2.88. The van der Waals surface area contributed by atoms with Gasteiger partial charge in [-0.05, 0) is 35.0 Å². The molecule has 1 unspecified atom stereocenters. The third-order valence-corrected chi connectivity index (χ3v) is 3.54. The van der Waals surface area contributed by atoms with Crippen molar-refractivity contribution in [2.75, 3.05) is 24.7 Å². The van der Waals surface area contributed by atoms with Gasteiger partial charge in [0.1, 0.15) is 0 Å². The second-order valence-corrected chi connectivity index (χ2v) is 4.91. The number of carbonyl (C=O) groups is 1. The molecule has 0 aliphatic carbocycles. The van der Waals surface area contributed by atoms with Gasteiger partial charge in [0.15, 0.2) is 0 Å². The van der Waals surface area contributed by atoms with Gasteiger partial charge in [-0.3, -0.25) is 0 Å². The molecule has 0 spiro atoms. The Morgan fingerprint density at radius 1 is 1.59 bits per heavy atom. The van der Waals surface area contributed by atoms with Crippen LogP contribution in [0.25, 0.3) is 0 Å². The molecule has 0 radical (unpaired) electrons. The molecule has 1 aliphatic heterocycles. The van der Waals surface area contributed by atoms with Gasteiger partial charge in [0.25, 0.3) is 0 Å². The monoisotopic (exact) mass is 299 g/mol. The fourth-order valence-electron chi connectivity index (χ4n) is 2.05. The molecule has 1 heterocycles. The summed E-state index contributed by atoms with van der Waals surface area (Å²) in [6, 6.07) is 5.64. The van der Waals surface area contributed by atoms with E-state index >= 15 is 0 Å². The highest BCUT2D eigenvalue weighted by atomic mass is 79.9. The van der Waals surface area contributed by atoms with Gasteiger partial charge < -0.3 is 14.7 Å². The van der Waals surface area contributed by atoms with Gasteiger partial charge in [-0.25, -0.2) is 4.79 Å². The van der Waals surface area contributed by atoms with Crippen LogP contribution >= 0.6 is 15.9 Å². The van der Waals surface area contributed by atoms with Crippen molar-refractivity contribution in [3.8, 4) is 0 Å². The van der Waals surface area contributed by atoms with E-state index in [0.29, 0.717) is 23.2 Å². The van der Waals surface area contributed by atoms with E-state index in [1.54, 1.807) is 6.07 Å². The normalized spacial score (nSPS) is 20.4. The van der Waals surface area contributed by atoms with E-state index in [1.165, 1.54) is 0 Å². The largest absolute Gasteiger partial charge is 0.478 e. The summed E-state index contributed by atoms with van der Waals surface area (Å²) >= 11 is 3.30. The zero-order chi connectivity index (χ0) is 12.4. The lowest BCUT2D eigenvalue weighted by atomic mass is 10.1. The molecule has 5 heteroatoms. The molecule has 1 atom stereocenters. The van der Waals surface area contributed by atoms with Crippen LogP contribution in [-0.4, -0.2) is 36.9 Å². The fraction of sp³-hybridized carbons (Fsp3) is 0.417. The van der Waals surface area contributed by atoms with Gasteiger partial charge in [-0.2, -0.15) is 0 Å². The molecule has 0 bridgehead atoms. The first-order valence-corrected chi connectivity index (χ1v) is 6.26. The van der Waals surface area contributed by atoms with E-state index < -0.39 is 5.97 Å². The molecule has 92 valence electrons. The summed E-state index contributed by atoms with van der Waals surface area (Å²) in [5.74, 6) is -0.911. The first kappa shape index (κ1) is 12.4. The molecule has 2 rings (SSSR count). The Labute approximate surface area is 108 Å². The second kappa shape index (κ2) is 5.06. The van der Waals surface area contributed by atoms with Crippen LogP contribution < -0.4 is 4.90 Å². The summed E-state index contributed by atoms with van der Waals surface area (Å²) in [5, 5.41) is 9.28. The topological polar surface area (TPSA) is 49.8 Å². The predicted octanol–water partition coefficient (Wildman–Crippen LogP) is 2.37. The van der Waals surface area contributed by atoms with Crippen LogP contribution in [0.3, 0.4) is 0 Å². The lowest BCUT2D eigenvalue weighted by Crippen LogP contribution is -2.44. The number of aromatic carboxylic acids is 1. The highest BCUT2D eigenvalue weighted by Gasteiger charge is 2.24. The van der Waals surface area contributed by atoms with E-state index in [0.717, 1.165) is 12.2 Å². The van der Waals surface area contributed by atoms with Gasteiger partial charge in [0.05, 0.1) is 24.5 Å². The van der Waals surface area contributed by atoms with E-state index in [2.05, 4.69) is 20.8 Å². The van der Waals surface area contributed by atoms with Crippen molar-refractivity contribution in [1.82, 2.24) is 0 Å². The quantitative estimate of drug-likeness (QED) is 0.911. The minimum atomic E-state index is -0.911. The molecule has 0 saturated carbocycles. The molecule has 1 aliphatic rings. The minimum absolute atomic E-state index is 0.191. The molecular formula is C12H14BrNO3. The standard InChI is InChI=1S/C12H14BrNO3/c1-8-7-17-6-5-14(8)10-4-2-3-9(13)11(10)12(15)16/h2-4,8H,5-7H2,1H3,(H,15,16). The number of carboxylic acids is 1. The zero-order valence-corrected chi connectivity index (χ0v) is 11.1. The number of carboxylic acid groups (broad SMARTS) is 1. The maximum Gasteiger partial charge on any atom is 0.338 e. The Balaban J connectivity index is 2.43. The summed E-state index contributed by atoms with van der Waals surface area (Å²) in [4.78, 5) is 13.4. The molecule has 0 aromatic heterocycles. The van der Waals surface area contributed by atoms with E-state index in [9.17, 15) is 9.90 Å². The highest BCUT2D eigenvalue weighted by Crippen LogP contribution is 2.30. The number of hydrogen-bond acceptors (Lipinski definition) is 3. The minimum Gasteiger partial charge on any atom is -0.478 e. The number of ether oxygens (including phenoxy) is 1. The highest BCUT2D eigenvalue weighted by molar-refractivity contribution is 9.10. The van der Waals surface area contributed by atoms with Crippen LogP contribution in [0.15, 0.2) is 22.7 Å². The van der Waals surface area contributed by atoms with Crippen molar-refractivity contribution in [3.63, 3.8) is 0 Å². The second-order valence-electron chi connectivity index (χ2n) is 4.06. The van der Waals surface area contributed by atoms with Crippen molar-refractivity contribution in [3.05, 3.63) is 28.2 Å². The average Bonchev–Trinajstić information content (AvgIpc) is 2.28. The number of hydrogen-bond donors (Lipinski definition) is 1. The molecule has 1 aromatic rings. The smallest absolute Gasteiger partial charge is 0.338 e. The number of halogens is 1. The predicted molar refractivity (Wildman–Crippen MR) is 68.7 cm³/mol. The van der Waals surface area contributed by atoms with Gasteiger partial charge >= 0.3 is 5.97 Å². The molecule has 4 nitrogen and oxygen atoms in total. The van der Waals surface area contributed by atoms with Gasteiger partial charge in [0.2, 0.25) is 0 Å². The summed E-state index contributed by atoms with van der Waals surface area (Å²) in [7, 11) is 0. The van der Waals surface area contributed by atoms with Crippen LogP contribution in [0.1, 0.15) is 17.3 Å². The Bertz CT molecular complexity index is 436. The molecule has 0 amide bonds. The molecule has 1 fully saturated rings. The van der Waals surface area contributed by atoms with Gasteiger partial charge in [0, 0.05) is 17.1 Å².